The van der Waals surface area contributed by atoms with Gasteiger partial charge in [0.05, 0.1) is 5.69 Å². The zero-order valence-corrected chi connectivity index (χ0v) is 24.3. The Morgan fingerprint density at radius 3 is 2.31 bits per heavy atom. The zero-order valence-electron chi connectivity index (χ0n) is 24.3. The first kappa shape index (κ1) is 31.4. The number of hydrogen-bond acceptors (Lipinski definition) is 5. The second-order valence-corrected chi connectivity index (χ2v) is 11.0. The lowest BCUT2D eigenvalue weighted by Crippen LogP contribution is -2.38. The van der Waals surface area contributed by atoms with Crippen molar-refractivity contribution in [1.82, 2.24) is 10.2 Å². The molecule has 1 heterocycles. The van der Waals surface area contributed by atoms with Gasteiger partial charge in [-0.15, -0.1) is 0 Å². The molecule has 1 aliphatic rings. The highest BCUT2D eigenvalue weighted by Crippen LogP contribution is 2.28. The standard InChI is InChI=1S/C34H43F2N3O3/c35-28-23-27(33(40)31(36)24-28)25-37-19-11-4-2-1-3-5-12-20-39-21-17-29(18-22-39)42-34(41)38-32-16-10-9-15-30(32)26-13-7-6-8-14-26/h6-10,13-16,23-24,29,37,40H,1-5,11-12,17-22,25H2,(H,38,41). The third-order valence-corrected chi connectivity index (χ3v) is 7.81. The summed E-state index contributed by atoms with van der Waals surface area (Å²) in [5, 5.41) is 15.8. The van der Waals surface area contributed by atoms with Crippen molar-refractivity contribution in [1.29, 1.82) is 0 Å². The lowest BCUT2D eigenvalue weighted by molar-refractivity contribution is 0.0584. The maximum atomic E-state index is 13.4. The molecule has 1 amide bonds. The van der Waals surface area contributed by atoms with Gasteiger partial charge in [0.1, 0.15) is 11.9 Å². The Morgan fingerprint density at radius 1 is 0.881 bits per heavy atom. The Balaban J connectivity index is 1.00. The molecule has 1 fully saturated rings. The number of carbonyl (C=O) groups is 1. The number of rotatable bonds is 15. The van der Waals surface area contributed by atoms with E-state index in [0.717, 1.165) is 74.7 Å². The molecule has 1 aliphatic heterocycles. The molecule has 0 unspecified atom stereocenters. The molecule has 0 aliphatic carbocycles. The van der Waals surface area contributed by atoms with Crippen molar-refractivity contribution < 1.29 is 23.4 Å². The van der Waals surface area contributed by atoms with Gasteiger partial charge in [-0.3, -0.25) is 5.32 Å². The highest BCUT2D eigenvalue weighted by molar-refractivity contribution is 5.91. The molecule has 3 aromatic carbocycles. The fraction of sp³-hybridized carbons (Fsp3) is 0.441. The largest absolute Gasteiger partial charge is 0.505 e. The maximum Gasteiger partial charge on any atom is 0.411 e. The van der Waals surface area contributed by atoms with E-state index in [4.69, 9.17) is 4.74 Å². The van der Waals surface area contributed by atoms with E-state index >= 15 is 0 Å². The number of ether oxygens (including phenoxy) is 1. The fourth-order valence-corrected chi connectivity index (χ4v) is 5.45. The van der Waals surface area contributed by atoms with Gasteiger partial charge in [-0.05, 0) is 56.5 Å². The molecule has 0 aromatic heterocycles. The summed E-state index contributed by atoms with van der Waals surface area (Å²) in [6.07, 6.45) is 9.34. The van der Waals surface area contributed by atoms with Gasteiger partial charge in [-0.25, -0.2) is 13.6 Å². The molecule has 4 rings (SSSR count). The molecular formula is C34H43F2N3O3. The SMILES string of the molecule is O=C(Nc1ccccc1-c1ccccc1)OC1CCN(CCCCCCCCCNCc2cc(F)cc(F)c2O)CC1. The second kappa shape index (κ2) is 16.8. The minimum atomic E-state index is -0.924. The van der Waals surface area contributed by atoms with E-state index in [0.29, 0.717) is 6.07 Å². The minimum Gasteiger partial charge on any atom is -0.505 e. The van der Waals surface area contributed by atoms with Crippen molar-refractivity contribution >= 4 is 11.8 Å². The minimum absolute atomic E-state index is 0.0552. The Labute approximate surface area is 248 Å². The number of unbranched alkanes of at least 4 members (excludes halogenated alkanes) is 6. The number of carbonyl (C=O) groups excluding carboxylic acids is 1. The first-order chi connectivity index (χ1) is 20.5. The van der Waals surface area contributed by atoms with Gasteiger partial charge in [-0.2, -0.15) is 0 Å². The number of aromatic hydroxyl groups is 1. The van der Waals surface area contributed by atoms with Crippen molar-refractivity contribution in [3.63, 3.8) is 0 Å². The summed E-state index contributed by atoms with van der Waals surface area (Å²) >= 11 is 0. The topological polar surface area (TPSA) is 73.8 Å². The molecular weight excluding hydrogens is 536 g/mol. The van der Waals surface area contributed by atoms with Gasteiger partial charge in [0, 0.05) is 36.8 Å². The molecule has 0 spiro atoms. The number of hydrogen-bond donors (Lipinski definition) is 3. The quantitative estimate of drug-likeness (QED) is 0.160. The summed E-state index contributed by atoms with van der Waals surface area (Å²) in [7, 11) is 0. The number of nitrogens with one attached hydrogen (secondary N) is 2. The number of amides is 1. The summed E-state index contributed by atoms with van der Waals surface area (Å²) in [5.41, 5.74) is 3.02. The molecule has 0 atom stereocenters. The van der Waals surface area contributed by atoms with Crippen molar-refractivity contribution in [2.45, 2.75) is 70.4 Å². The van der Waals surface area contributed by atoms with E-state index in [9.17, 15) is 18.7 Å². The summed E-state index contributed by atoms with van der Waals surface area (Å²) in [6, 6.07) is 19.6. The van der Waals surface area contributed by atoms with Crippen LogP contribution in [0.15, 0.2) is 66.7 Å². The van der Waals surface area contributed by atoms with Crippen LogP contribution < -0.4 is 10.6 Å². The summed E-state index contributed by atoms with van der Waals surface area (Å²) < 4.78 is 32.4. The summed E-state index contributed by atoms with van der Waals surface area (Å²) in [6.45, 7) is 3.98. The number of para-hydroxylation sites is 1. The van der Waals surface area contributed by atoms with E-state index in [1.54, 1.807) is 0 Å². The van der Waals surface area contributed by atoms with E-state index in [1.165, 1.54) is 32.1 Å². The third-order valence-electron chi connectivity index (χ3n) is 7.81. The molecule has 42 heavy (non-hydrogen) atoms. The lowest BCUT2D eigenvalue weighted by atomic mass is 10.0. The van der Waals surface area contributed by atoms with Crippen LogP contribution in [0.4, 0.5) is 19.3 Å². The molecule has 226 valence electrons. The Morgan fingerprint density at radius 2 is 1.55 bits per heavy atom. The van der Waals surface area contributed by atoms with Crippen LogP contribution in [-0.4, -0.2) is 48.4 Å². The Bertz CT molecular complexity index is 1250. The lowest BCUT2D eigenvalue weighted by Gasteiger charge is -2.31. The first-order valence-electron chi connectivity index (χ1n) is 15.2. The number of phenols is 1. The third kappa shape index (κ3) is 10.1. The summed E-state index contributed by atoms with van der Waals surface area (Å²) in [5.74, 6) is -2.08. The second-order valence-electron chi connectivity index (χ2n) is 11.0. The van der Waals surface area contributed by atoms with Gasteiger partial charge >= 0.3 is 6.09 Å². The molecule has 3 N–H and O–H groups in total. The number of benzene rings is 3. The predicted octanol–water partition coefficient (Wildman–Crippen LogP) is 7.87. The number of likely N-dealkylation sites (tertiary alicyclic amines) is 1. The first-order valence-corrected chi connectivity index (χ1v) is 15.2. The molecule has 6 nitrogen and oxygen atoms in total. The van der Waals surface area contributed by atoms with E-state index in [2.05, 4.69) is 15.5 Å². The van der Waals surface area contributed by atoms with E-state index in [-0.39, 0.29) is 18.2 Å². The van der Waals surface area contributed by atoms with Crippen molar-refractivity contribution in [3.8, 4) is 16.9 Å². The van der Waals surface area contributed by atoms with Crippen molar-refractivity contribution in [2.24, 2.45) is 0 Å². The van der Waals surface area contributed by atoms with Crippen LogP contribution in [0.1, 0.15) is 63.4 Å². The number of anilines is 1. The van der Waals surface area contributed by atoms with Gasteiger partial charge in [0.2, 0.25) is 0 Å². The van der Waals surface area contributed by atoms with E-state index in [1.807, 2.05) is 54.6 Å². The average Bonchev–Trinajstić information content (AvgIpc) is 2.99. The fourth-order valence-electron chi connectivity index (χ4n) is 5.45. The predicted molar refractivity (Wildman–Crippen MR) is 163 cm³/mol. The molecule has 0 saturated carbocycles. The summed E-state index contributed by atoms with van der Waals surface area (Å²) in [4.78, 5) is 15.1. The highest BCUT2D eigenvalue weighted by Gasteiger charge is 2.22. The van der Waals surface area contributed by atoms with Crippen LogP contribution in [0.5, 0.6) is 5.75 Å². The van der Waals surface area contributed by atoms with Crippen molar-refractivity contribution in [2.75, 3.05) is 31.5 Å². The number of nitrogens with zero attached hydrogens (tertiary/aromatic N) is 1. The van der Waals surface area contributed by atoms with Crippen LogP contribution >= 0.6 is 0 Å². The molecule has 3 aromatic rings. The molecule has 8 heteroatoms. The van der Waals surface area contributed by atoms with Gasteiger partial charge in [-0.1, -0.05) is 80.6 Å². The van der Waals surface area contributed by atoms with Crippen LogP contribution in [0.25, 0.3) is 11.1 Å². The van der Waals surface area contributed by atoms with Crippen LogP contribution in [0.3, 0.4) is 0 Å². The average molecular weight is 580 g/mol. The van der Waals surface area contributed by atoms with Crippen LogP contribution in [0.2, 0.25) is 0 Å². The number of piperidine rings is 1. The van der Waals surface area contributed by atoms with Gasteiger partial charge in [0.15, 0.2) is 11.6 Å². The van der Waals surface area contributed by atoms with Crippen molar-refractivity contribution in [3.05, 3.63) is 83.9 Å². The smallest absolute Gasteiger partial charge is 0.411 e. The number of halogens is 2. The molecule has 0 radical (unpaired) electrons. The zero-order chi connectivity index (χ0) is 29.6. The Hall–Kier alpha value is -3.49. The van der Waals surface area contributed by atoms with Crippen LogP contribution in [-0.2, 0) is 11.3 Å². The maximum absolute atomic E-state index is 13.4. The molecule has 1 saturated heterocycles. The van der Waals surface area contributed by atoms with Gasteiger partial charge in [0.25, 0.3) is 0 Å². The monoisotopic (exact) mass is 579 g/mol. The van der Waals surface area contributed by atoms with E-state index < -0.39 is 23.5 Å². The highest BCUT2D eigenvalue weighted by atomic mass is 19.1. The molecule has 0 bridgehead atoms. The van der Waals surface area contributed by atoms with Gasteiger partial charge < -0.3 is 20.1 Å². The Kier molecular flexibility index (Phi) is 12.6. The van der Waals surface area contributed by atoms with Crippen LogP contribution in [0, 0.1) is 11.6 Å². The number of phenolic OH excluding ortho intramolecular Hbond substituents is 1. The normalized spacial score (nSPS) is 14.1.